The second kappa shape index (κ2) is 10.3. The predicted octanol–water partition coefficient (Wildman–Crippen LogP) is 6.66. The average Bonchev–Trinajstić information content (AvgIpc) is 2.85. The lowest BCUT2D eigenvalue weighted by Gasteiger charge is -2.16. The van der Waals surface area contributed by atoms with Crippen molar-refractivity contribution >= 4 is 52.3 Å². The van der Waals surface area contributed by atoms with Gasteiger partial charge in [0, 0.05) is 17.8 Å². The second-order valence-electron chi connectivity index (χ2n) is 6.79. The van der Waals surface area contributed by atoms with Gasteiger partial charge in [-0.2, -0.15) is 20.0 Å². The average molecular weight is 473 g/mol. The van der Waals surface area contributed by atoms with E-state index in [9.17, 15) is 10.1 Å². The number of rotatable bonds is 8. The van der Waals surface area contributed by atoms with Gasteiger partial charge in [-0.05, 0) is 53.6 Å². The summed E-state index contributed by atoms with van der Waals surface area (Å²) in [7, 11) is 0. The minimum Gasteiger partial charge on any atom is -0.324 e. The summed E-state index contributed by atoms with van der Waals surface area (Å²) in [5, 5.41) is 23.8. The first-order valence-electron chi connectivity index (χ1n) is 9.94. The zero-order valence-electron chi connectivity index (χ0n) is 17.6. The molecule has 0 radical (unpaired) electrons. The quantitative estimate of drug-likeness (QED) is 0.173. The van der Waals surface area contributed by atoms with E-state index in [4.69, 9.17) is 11.6 Å². The number of nitro groups is 1. The van der Waals surface area contributed by atoms with Crippen LogP contribution in [0, 0.1) is 10.1 Å². The van der Waals surface area contributed by atoms with E-state index in [2.05, 4.69) is 37.2 Å². The Morgan fingerprint density at radius 1 is 1.00 bits per heavy atom. The van der Waals surface area contributed by atoms with Crippen LogP contribution < -0.4 is 10.3 Å². The van der Waals surface area contributed by atoms with Gasteiger partial charge in [-0.15, -0.1) is 5.11 Å². The first kappa shape index (κ1) is 22.5. The number of benzene rings is 3. The maximum Gasteiger partial charge on any atom is 0.269 e. The lowest BCUT2D eigenvalue weighted by molar-refractivity contribution is -0.384. The lowest BCUT2D eigenvalue weighted by atomic mass is 10.2. The van der Waals surface area contributed by atoms with Crippen LogP contribution in [0.3, 0.4) is 0 Å². The minimum atomic E-state index is -0.483. The summed E-state index contributed by atoms with van der Waals surface area (Å²) in [6.07, 6.45) is 1.73. The van der Waals surface area contributed by atoms with E-state index < -0.39 is 4.92 Å². The monoisotopic (exact) mass is 472 g/mol. The molecule has 3 aromatic carbocycles. The van der Waals surface area contributed by atoms with Crippen molar-refractivity contribution in [1.29, 1.82) is 0 Å². The molecule has 4 aromatic rings. The van der Waals surface area contributed by atoms with E-state index in [0.29, 0.717) is 11.4 Å². The van der Waals surface area contributed by atoms with Crippen molar-refractivity contribution < 1.29 is 4.92 Å². The number of anilines is 4. The van der Waals surface area contributed by atoms with E-state index in [1.54, 1.807) is 18.2 Å². The molecule has 0 bridgehead atoms. The third-order valence-corrected chi connectivity index (χ3v) is 4.64. The minimum absolute atomic E-state index is 0.0423. The molecule has 0 saturated heterocycles. The molecule has 0 atom stereocenters. The predicted molar refractivity (Wildman–Crippen MR) is 131 cm³/mol. The number of nitro benzene ring substituents is 1. The highest BCUT2D eigenvalue weighted by molar-refractivity contribution is 6.28. The van der Waals surface area contributed by atoms with Crippen molar-refractivity contribution in [2.45, 2.75) is 0 Å². The van der Waals surface area contributed by atoms with Crippen molar-refractivity contribution in [3.05, 3.63) is 106 Å². The van der Waals surface area contributed by atoms with Crippen LogP contribution in [0.2, 0.25) is 5.28 Å². The number of nitrogens with one attached hydrogen (secondary N) is 1. The maximum atomic E-state index is 10.9. The Morgan fingerprint density at radius 3 is 2.47 bits per heavy atom. The van der Waals surface area contributed by atoms with Gasteiger partial charge < -0.3 is 5.32 Å². The van der Waals surface area contributed by atoms with Crippen LogP contribution in [0.15, 0.2) is 95.8 Å². The van der Waals surface area contributed by atoms with Crippen molar-refractivity contribution in [1.82, 2.24) is 15.0 Å². The van der Waals surface area contributed by atoms with Crippen LogP contribution in [0.1, 0.15) is 5.56 Å². The molecule has 11 heteroatoms. The Kier molecular flexibility index (Phi) is 6.80. The molecule has 0 aliphatic rings. The Morgan fingerprint density at radius 2 is 1.76 bits per heavy atom. The molecule has 0 spiro atoms. The molecule has 0 saturated carbocycles. The Hall–Kier alpha value is -4.70. The van der Waals surface area contributed by atoms with Gasteiger partial charge >= 0.3 is 0 Å². The molecule has 168 valence electrons. The smallest absolute Gasteiger partial charge is 0.269 e. The Balaban J connectivity index is 1.68. The van der Waals surface area contributed by atoms with E-state index >= 15 is 0 Å². The zero-order valence-corrected chi connectivity index (χ0v) is 18.4. The SMILES string of the molecule is C=Cc1cccc(Nc2nc(Cl)nc(N(/N=N/c3ccc([N+](=O)[O-])cc3)c3ccccc3)n2)c1. The molecule has 4 rings (SSSR count). The lowest BCUT2D eigenvalue weighted by Crippen LogP contribution is -2.13. The summed E-state index contributed by atoms with van der Waals surface area (Å²) >= 11 is 6.19. The molecule has 10 nitrogen and oxygen atoms in total. The Labute approximate surface area is 199 Å². The van der Waals surface area contributed by atoms with Crippen LogP contribution in [0.4, 0.5) is 34.6 Å². The van der Waals surface area contributed by atoms with Crippen LogP contribution in [-0.2, 0) is 0 Å². The topological polar surface area (TPSA) is 122 Å². The fourth-order valence-electron chi connectivity index (χ4n) is 2.88. The standard InChI is InChI=1S/C23H17ClN8O2/c1-2-16-7-6-8-18(15-16)25-22-26-21(24)27-23(28-22)31(19-9-4-3-5-10-19)30-29-17-11-13-20(14-12-17)32(33)34/h2-15H,1H2,(H,25,26,27,28)/b30-29+. The van der Waals surface area contributed by atoms with Crippen LogP contribution in [0.25, 0.3) is 6.08 Å². The molecule has 0 unspecified atom stereocenters. The molecular weight excluding hydrogens is 456 g/mol. The third-order valence-electron chi connectivity index (χ3n) is 4.48. The fourth-order valence-corrected chi connectivity index (χ4v) is 3.03. The zero-order chi connectivity index (χ0) is 23.9. The summed E-state index contributed by atoms with van der Waals surface area (Å²) in [6, 6.07) is 22.3. The molecule has 1 heterocycles. The van der Waals surface area contributed by atoms with Gasteiger partial charge in [0.05, 0.1) is 16.3 Å². The van der Waals surface area contributed by atoms with Gasteiger partial charge in [0.2, 0.25) is 11.2 Å². The van der Waals surface area contributed by atoms with Crippen molar-refractivity contribution in [3.8, 4) is 0 Å². The Bertz CT molecular complexity index is 1350. The summed E-state index contributed by atoms with van der Waals surface area (Å²) in [5.74, 6) is 0.335. The molecule has 0 aliphatic carbocycles. The van der Waals surface area contributed by atoms with Gasteiger partial charge in [0.1, 0.15) is 0 Å². The van der Waals surface area contributed by atoms with E-state index in [1.165, 1.54) is 29.3 Å². The van der Waals surface area contributed by atoms with Gasteiger partial charge in [-0.3, -0.25) is 10.1 Å². The largest absolute Gasteiger partial charge is 0.324 e. The van der Waals surface area contributed by atoms with Gasteiger partial charge in [-0.25, -0.2) is 0 Å². The van der Waals surface area contributed by atoms with Crippen LogP contribution in [0.5, 0.6) is 0 Å². The number of halogens is 1. The van der Waals surface area contributed by atoms with Crippen LogP contribution in [-0.4, -0.2) is 19.9 Å². The fraction of sp³-hybridized carbons (Fsp3) is 0. The first-order valence-corrected chi connectivity index (χ1v) is 10.3. The maximum absolute atomic E-state index is 10.9. The highest BCUT2D eigenvalue weighted by atomic mass is 35.5. The summed E-state index contributed by atoms with van der Waals surface area (Å²) in [6.45, 7) is 3.77. The van der Waals surface area contributed by atoms with Crippen LogP contribution >= 0.6 is 11.6 Å². The van der Waals surface area contributed by atoms with Gasteiger partial charge in [0.25, 0.3) is 11.6 Å². The number of hydrogen-bond acceptors (Lipinski definition) is 8. The molecule has 0 amide bonds. The highest BCUT2D eigenvalue weighted by Crippen LogP contribution is 2.27. The summed E-state index contributed by atoms with van der Waals surface area (Å²) < 4.78 is 0. The number of hydrogen-bond donors (Lipinski definition) is 1. The molecule has 34 heavy (non-hydrogen) atoms. The molecular formula is C23H17ClN8O2. The molecule has 0 fully saturated rings. The van der Waals surface area contributed by atoms with Crippen molar-refractivity contribution in [3.63, 3.8) is 0 Å². The number of non-ortho nitro benzene ring substituents is 1. The number of aromatic nitrogens is 3. The summed E-state index contributed by atoms with van der Waals surface area (Å²) in [4.78, 5) is 23.2. The summed E-state index contributed by atoms with van der Waals surface area (Å²) in [5.41, 5.74) is 2.65. The molecule has 1 N–H and O–H groups in total. The van der Waals surface area contributed by atoms with E-state index in [0.717, 1.165) is 11.3 Å². The van der Waals surface area contributed by atoms with Gasteiger partial charge in [0.15, 0.2) is 0 Å². The van der Waals surface area contributed by atoms with E-state index in [-0.39, 0.29) is 22.9 Å². The van der Waals surface area contributed by atoms with E-state index in [1.807, 2.05) is 42.5 Å². The van der Waals surface area contributed by atoms with Gasteiger partial charge in [-0.1, -0.05) is 48.2 Å². The normalized spacial score (nSPS) is 10.7. The molecule has 0 aliphatic heterocycles. The highest BCUT2D eigenvalue weighted by Gasteiger charge is 2.16. The second-order valence-corrected chi connectivity index (χ2v) is 7.13. The first-order chi connectivity index (χ1) is 16.5. The number of para-hydroxylation sites is 1. The number of nitrogens with zero attached hydrogens (tertiary/aromatic N) is 7. The molecule has 1 aromatic heterocycles. The van der Waals surface area contributed by atoms with Crippen molar-refractivity contribution in [2.75, 3.05) is 10.3 Å². The van der Waals surface area contributed by atoms with Crippen molar-refractivity contribution in [2.24, 2.45) is 10.3 Å². The third kappa shape index (κ3) is 5.56.